The highest BCUT2D eigenvalue weighted by atomic mass is 32.2. The summed E-state index contributed by atoms with van der Waals surface area (Å²) < 4.78 is 17.6. The smallest absolute Gasteiger partial charge is 0.265 e. The molecular weight excluding hydrogens is 406 g/mol. The van der Waals surface area contributed by atoms with Crippen molar-refractivity contribution in [1.29, 1.82) is 0 Å². The highest BCUT2D eigenvalue weighted by Crippen LogP contribution is 2.34. The van der Waals surface area contributed by atoms with Gasteiger partial charge in [0.15, 0.2) is 11.5 Å². The van der Waals surface area contributed by atoms with E-state index < -0.39 is 0 Å². The Kier molecular flexibility index (Phi) is 7.17. The SMILES string of the molecule is COc1cc(C=C2SC(=S)N(C)C2=O)ccc1OCCCOc1ccccc1C. The van der Waals surface area contributed by atoms with Crippen LogP contribution in [0.25, 0.3) is 6.08 Å². The Morgan fingerprint density at radius 2 is 1.79 bits per heavy atom. The van der Waals surface area contributed by atoms with Crippen molar-refractivity contribution >= 4 is 40.3 Å². The summed E-state index contributed by atoms with van der Waals surface area (Å²) in [5.74, 6) is 2.08. The lowest BCUT2D eigenvalue weighted by molar-refractivity contribution is -0.121. The number of carbonyl (C=O) groups excluding carboxylic acids is 1. The average molecular weight is 430 g/mol. The molecule has 0 bridgehead atoms. The van der Waals surface area contributed by atoms with E-state index in [9.17, 15) is 4.79 Å². The molecule has 1 saturated heterocycles. The van der Waals surface area contributed by atoms with Crippen LogP contribution < -0.4 is 14.2 Å². The summed E-state index contributed by atoms with van der Waals surface area (Å²) in [4.78, 5) is 14.2. The van der Waals surface area contributed by atoms with Crippen LogP contribution in [0.15, 0.2) is 47.4 Å². The Hall–Kier alpha value is -2.51. The molecule has 0 saturated carbocycles. The molecule has 2 aromatic rings. The normalized spacial score (nSPS) is 15.1. The van der Waals surface area contributed by atoms with Gasteiger partial charge in [-0.1, -0.05) is 48.2 Å². The monoisotopic (exact) mass is 429 g/mol. The molecule has 0 radical (unpaired) electrons. The number of para-hydroxylation sites is 1. The number of amides is 1. The molecule has 0 unspecified atom stereocenters. The van der Waals surface area contributed by atoms with Crippen LogP contribution in [0, 0.1) is 6.92 Å². The highest BCUT2D eigenvalue weighted by Gasteiger charge is 2.28. The van der Waals surface area contributed by atoms with Gasteiger partial charge in [0.25, 0.3) is 5.91 Å². The van der Waals surface area contributed by atoms with E-state index in [-0.39, 0.29) is 5.91 Å². The molecule has 0 spiro atoms. The maximum atomic E-state index is 12.1. The van der Waals surface area contributed by atoms with E-state index >= 15 is 0 Å². The number of nitrogens with zero attached hydrogens (tertiary/aromatic N) is 1. The van der Waals surface area contributed by atoms with Gasteiger partial charge >= 0.3 is 0 Å². The second-order valence-corrected chi connectivity index (χ2v) is 8.14. The number of hydrogen-bond donors (Lipinski definition) is 0. The molecule has 1 amide bonds. The minimum absolute atomic E-state index is 0.0899. The quantitative estimate of drug-likeness (QED) is 0.345. The van der Waals surface area contributed by atoms with E-state index in [2.05, 4.69) is 0 Å². The molecular formula is C22H23NO4S2. The lowest BCUT2D eigenvalue weighted by Crippen LogP contribution is -2.22. The maximum Gasteiger partial charge on any atom is 0.265 e. The molecule has 0 atom stereocenters. The van der Waals surface area contributed by atoms with Gasteiger partial charge in [0.05, 0.1) is 25.2 Å². The number of carbonyl (C=O) groups is 1. The van der Waals surface area contributed by atoms with Gasteiger partial charge < -0.3 is 14.2 Å². The number of methoxy groups -OCH3 is 1. The van der Waals surface area contributed by atoms with Gasteiger partial charge in [0.1, 0.15) is 10.1 Å². The number of aryl methyl sites for hydroxylation is 1. The molecule has 1 aliphatic rings. The summed E-state index contributed by atoms with van der Waals surface area (Å²) in [6, 6.07) is 13.5. The van der Waals surface area contributed by atoms with Crippen molar-refractivity contribution < 1.29 is 19.0 Å². The fourth-order valence-corrected chi connectivity index (χ4v) is 3.91. The van der Waals surface area contributed by atoms with Crippen LogP contribution in [0.2, 0.25) is 0 Å². The average Bonchev–Trinajstić information content (AvgIpc) is 2.96. The lowest BCUT2D eigenvalue weighted by atomic mass is 10.2. The first kappa shape index (κ1) is 21.2. The van der Waals surface area contributed by atoms with Gasteiger partial charge in [-0.05, 0) is 42.3 Å². The second-order valence-electron chi connectivity index (χ2n) is 6.47. The third kappa shape index (κ3) is 5.31. The van der Waals surface area contributed by atoms with E-state index in [4.69, 9.17) is 26.4 Å². The largest absolute Gasteiger partial charge is 0.493 e. The topological polar surface area (TPSA) is 48.0 Å². The predicted octanol–water partition coefficient (Wildman–Crippen LogP) is 4.68. The summed E-state index contributed by atoms with van der Waals surface area (Å²) in [7, 11) is 3.28. The second kappa shape index (κ2) is 9.80. The van der Waals surface area contributed by atoms with Gasteiger partial charge in [0.2, 0.25) is 0 Å². The number of ether oxygens (including phenoxy) is 3. The van der Waals surface area contributed by atoms with Crippen molar-refractivity contribution in [2.45, 2.75) is 13.3 Å². The molecule has 3 rings (SSSR count). The summed E-state index contributed by atoms with van der Waals surface area (Å²) >= 11 is 6.46. The van der Waals surface area contributed by atoms with Gasteiger partial charge in [-0.25, -0.2) is 0 Å². The van der Waals surface area contributed by atoms with E-state index in [0.29, 0.717) is 33.9 Å². The number of likely N-dealkylation sites (N-methyl/N-ethyl adjacent to an activating group) is 1. The first-order chi connectivity index (χ1) is 14.0. The molecule has 2 aromatic carbocycles. The third-order valence-corrected chi connectivity index (χ3v) is 5.85. The number of benzene rings is 2. The molecule has 7 heteroatoms. The zero-order chi connectivity index (χ0) is 20.8. The number of rotatable bonds is 8. The van der Waals surface area contributed by atoms with Crippen LogP contribution in [0.5, 0.6) is 17.2 Å². The van der Waals surface area contributed by atoms with Crippen molar-refractivity contribution in [3.05, 3.63) is 58.5 Å². The predicted molar refractivity (Wildman–Crippen MR) is 121 cm³/mol. The first-order valence-electron chi connectivity index (χ1n) is 9.20. The standard InChI is InChI=1S/C22H23NO4S2/c1-15-7-4-5-8-17(15)26-11-6-12-27-18-10-9-16(13-19(18)25-3)14-20-21(24)23(2)22(28)29-20/h4-5,7-10,13-14H,6,11-12H2,1-3H3. The maximum absolute atomic E-state index is 12.1. The highest BCUT2D eigenvalue weighted by molar-refractivity contribution is 8.26. The number of thioether (sulfide) groups is 1. The Labute approximate surface area is 180 Å². The molecule has 1 heterocycles. The van der Waals surface area contributed by atoms with Crippen LogP contribution >= 0.6 is 24.0 Å². The van der Waals surface area contributed by atoms with Crippen molar-refractivity contribution in [3.8, 4) is 17.2 Å². The van der Waals surface area contributed by atoms with Gasteiger partial charge in [-0.15, -0.1) is 0 Å². The minimum atomic E-state index is -0.0899. The summed E-state index contributed by atoms with van der Waals surface area (Å²) in [5.41, 5.74) is 1.97. The minimum Gasteiger partial charge on any atom is -0.493 e. The van der Waals surface area contributed by atoms with Gasteiger partial charge in [-0.2, -0.15) is 0 Å². The van der Waals surface area contributed by atoms with Crippen LogP contribution in [0.1, 0.15) is 17.5 Å². The zero-order valence-corrected chi connectivity index (χ0v) is 18.3. The molecule has 1 aliphatic heterocycles. The van der Waals surface area contributed by atoms with E-state index in [1.807, 2.05) is 55.5 Å². The number of thiocarbonyl (C=S) groups is 1. The Morgan fingerprint density at radius 1 is 1.07 bits per heavy atom. The van der Waals surface area contributed by atoms with Crippen molar-refractivity contribution in [2.24, 2.45) is 0 Å². The molecule has 0 aliphatic carbocycles. The Morgan fingerprint density at radius 3 is 2.45 bits per heavy atom. The third-order valence-electron chi connectivity index (χ3n) is 4.37. The Balaban J connectivity index is 1.56. The van der Waals surface area contributed by atoms with Crippen molar-refractivity contribution in [1.82, 2.24) is 4.90 Å². The molecule has 0 aromatic heterocycles. The molecule has 0 N–H and O–H groups in total. The van der Waals surface area contributed by atoms with Gasteiger partial charge in [0, 0.05) is 13.5 Å². The van der Waals surface area contributed by atoms with Crippen molar-refractivity contribution in [2.75, 3.05) is 27.4 Å². The first-order valence-corrected chi connectivity index (χ1v) is 10.4. The van der Waals surface area contributed by atoms with Crippen LogP contribution in [-0.4, -0.2) is 42.5 Å². The fraction of sp³-hybridized carbons (Fsp3) is 0.273. The molecule has 5 nitrogen and oxygen atoms in total. The van der Waals surface area contributed by atoms with Crippen LogP contribution in [0.4, 0.5) is 0 Å². The number of hydrogen-bond acceptors (Lipinski definition) is 6. The van der Waals surface area contributed by atoms with Crippen LogP contribution in [-0.2, 0) is 4.79 Å². The molecule has 1 fully saturated rings. The zero-order valence-electron chi connectivity index (χ0n) is 16.6. The van der Waals surface area contributed by atoms with Crippen LogP contribution in [0.3, 0.4) is 0 Å². The van der Waals surface area contributed by atoms with E-state index in [1.165, 1.54) is 16.7 Å². The molecule has 152 valence electrons. The van der Waals surface area contributed by atoms with Gasteiger partial charge in [-0.3, -0.25) is 9.69 Å². The molecule has 29 heavy (non-hydrogen) atoms. The van der Waals surface area contributed by atoms with Crippen molar-refractivity contribution in [3.63, 3.8) is 0 Å². The fourth-order valence-electron chi connectivity index (χ4n) is 2.73. The summed E-state index contributed by atoms with van der Waals surface area (Å²) in [6.45, 7) is 3.11. The Bertz CT molecular complexity index is 942. The summed E-state index contributed by atoms with van der Waals surface area (Å²) in [5, 5.41) is 0. The van der Waals surface area contributed by atoms with E-state index in [0.717, 1.165) is 23.3 Å². The lowest BCUT2D eigenvalue weighted by Gasteiger charge is -2.12. The summed E-state index contributed by atoms with van der Waals surface area (Å²) in [6.07, 6.45) is 2.56. The van der Waals surface area contributed by atoms with E-state index in [1.54, 1.807) is 14.2 Å².